The van der Waals surface area contributed by atoms with Crippen molar-refractivity contribution in [3.63, 3.8) is 0 Å². The third-order valence-electron chi connectivity index (χ3n) is 5.02. The van der Waals surface area contributed by atoms with Gasteiger partial charge in [-0.3, -0.25) is 9.69 Å². The zero-order chi connectivity index (χ0) is 19.2. The zero-order valence-corrected chi connectivity index (χ0v) is 16.1. The van der Waals surface area contributed by atoms with Crippen LogP contribution in [0.25, 0.3) is 0 Å². The zero-order valence-electron chi connectivity index (χ0n) is 16.1. The van der Waals surface area contributed by atoms with Crippen molar-refractivity contribution >= 4 is 17.3 Å². The molecule has 6 nitrogen and oxygen atoms in total. The highest BCUT2D eigenvalue weighted by Gasteiger charge is 2.26. The SMILES string of the molecule is COc1ccc(NC(=O)[C@@H](C)N2CCN(c3ccccc3OC)CC2)cc1. The van der Waals surface area contributed by atoms with Crippen LogP contribution in [0.1, 0.15) is 6.92 Å². The lowest BCUT2D eigenvalue weighted by Gasteiger charge is -2.38. The molecule has 1 aliphatic heterocycles. The van der Waals surface area contributed by atoms with Gasteiger partial charge in [0.25, 0.3) is 0 Å². The minimum atomic E-state index is -0.188. The molecule has 0 unspecified atom stereocenters. The lowest BCUT2D eigenvalue weighted by atomic mass is 10.2. The van der Waals surface area contributed by atoms with Gasteiger partial charge >= 0.3 is 0 Å². The molecule has 3 rings (SSSR count). The predicted octanol–water partition coefficient (Wildman–Crippen LogP) is 2.85. The van der Waals surface area contributed by atoms with Gasteiger partial charge < -0.3 is 19.7 Å². The van der Waals surface area contributed by atoms with Gasteiger partial charge in [-0.1, -0.05) is 12.1 Å². The van der Waals surface area contributed by atoms with Crippen molar-refractivity contribution in [2.75, 3.05) is 50.6 Å². The van der Waals surface area contributed by atoms with Crippen LogP contribution in [0.2, 0.25) is 0 Å². The number of benzene rings is 2. The minimum absolute atomic E-state index is 0.00547. The summed E-state index contributed by atoms with van der Waals surface area (Å²) in [7, 11) is 3.32. The molecule has 1 heterocycles. The van der Waals surface area contributed by atoms with Crippen molar-refractivity contribution in [2.24, 2.45) is 0 Å². The highest BCUT2D eigenvalue weighted by Crippen LogP contribution is 2.28. The molecule has 0 aliphatic carbocycles. The summed E-state index contributed by atoms with van der Waals surface area (Å²) >= 11 is 0. The summed E-state index contributed by atoms with van der Waals surface area (Å²) in [5.41, 5.74) is 1.88. The number of amides is 1. The van der Waals surface area contributed by atoms with Crippen LogP contribution in [0.3, 0.4) is 0 Å². The Labute approximate surface area is 160 Å². The van der Waals surface area contributed by atoms with Gasteiger partial charge in [0.1, 0.15) is 11.5 Å². The first-order chi connectivity index (χ1) is 13.1. The quantitative estimate of drug-likeness (QED) is 0.849. The largest absolute Gasteiger partial charge is 0.497 e. The number of carbonyl (C=O) groups is 1. The Morgan fingerprint density at radius 2 is 1.63 bits per heavy atom. The van der Waals surface area contributed by atoms with Gasteiger partial charge in [0.15, 0.2) is 0 Å². The fraction of sp³-hybridized carbons (Fsp3) is 0.381. The summed E-state index contributed by atoms with van der Waals surface area (Å²) in [5, 5.41) is 2.98. The first kappa shape index (κ1) is 19.0. The van der Waals surface area contributed by atoms with E-state index in [1.807, 2.05) is 49.4 Å². The lowest BCUT2D eigenvalue weighted by Crippen LogP contribution is -2.52. The molecule has 2 aromatic rings. The molecule has 1 amide bonds. The van der Waals surface area contributed by atoms with Crippen LogP contribution in [0.4, 0.5) is 11.4 Å². The van der Waals surface area contributed by atoms with Gasteiger partial charge in [-0.15, -0.1) is 0 Å². The first-order valence-electron chi connectivity index (χ1n) is 9.19. The normalized spacial score (nSPS) is 15.9. The van der Waals surface area contributed by atoms with E-state index in [9.17, 15) is 4.79 Å². The number of nitrogens with one attached hydrogen (secondary N) is 1. The van der Waals surface area contributed by atoms with Crippen LogP contribution in [0.5, 0.6) is 11.5 Å². The third-order valence-corrected chi connectivity index (χ3v) is 5.02. The molecule has 0 saturated carbocycles. The second kappa shape index (κ2) is 8.77. The average molecular weight is 369 g/mol. The van der Waals surface area contributed by atoms with Gasteiger partial charge in [0, 0.05) is 31.9 Å². The van der Waals surface area contributed by atoms with Crippen LogP contribution in [0.15, 0.2) is 48.5 Å². The molecule has 1 fully saturated rings. The summed E-state index contributed by atoms with van der Waals surface area (Å²) in [5.74, 6) is 1.66. The molecule has 6 heteroatoms. The number of hydrogen-bond acceptors (Lipinski definition) is 5. The van der Waals surface area contributed by atoms with Crippen molar-refractivity contribution in [2.45, 2.75) is 13.0 Å². The minimum Gasteiger partial charge on any atom is -0.497 e. The average Bonchev–Trinajstić information content (AvgIpc) is 2.73. The Morgan fingerprint density at radius 3 is 2.26 bits per heavy atom. The molecule has 2 aromatic carbocycles. The number of methoxy groups -OCH3 is 2. The first-order valence-corrected chi connectivity index (χ1v) is 9.19. The highest BCUT2D eigenvalue weighted by atomic mass is 16.5. The molecule has 1 aliphatic rings. The standard InChI is InChI=1S/C21H27N3O3/c1-16(21(25)22-17-8-10-18(26-2)11-9-17)23-12-14-24(15-13-23)19-6-4-5-7-20(19)27-3/h4-11,16H,12-15H2,1-3H3,(H,22,25)/t16-/m1/s1. The Bertz CT molecular complexity index is 756. The number of para-hydroxylation sites is 2. The molecule has 0 bridgehead atoms. The van der Waals surface area contributed by atoms with Crippen LogP contribution in [-0.4, -0.2) is 57.2 Å². The van der Waals surface area contributed by atoms with E-state index in [0.717, 1.165) is 49.1 Å². The van der Waals surface area contributed by atoms with Crippen molar-refractivity contribution in [1.29, 1.82) is 0 Å². The van der Waals surface area contributed by atoms with Crippen LogP contribution in [0, 0.1) is 0 Å². The van der Waals surface area contributed by atoms with E-state index < -0.39 is 0 Å². The molecule has 144 valence electrons. The summed E-state index contributed by atoms with van der Waals surface area (Å²) in [6.45, 7) is 5.34. The van der Waals surface area contributed by atoms with E-state index in [-0.39, 0.29) is 11.9 Å². The molecular weight excluding hydrogens is 342 g/mol. The molecule has 1 saturated heterocycles. The number of piperazine rings is 1. The number of nitrogens with zero attached hydrogens (tertiary/aromatic N) is 2. The third kappa shape index (κ3) is 4.52. The molecule has 27 heavy (non-hydrogen) atoms. The Morgan fingerprint density at radius 1 is 0.963 bits per heavy atom. The maximum Gasteiger partial charge on any atom is 0.241 e. The van der Waals surface area contributed by atoms with Gasteiger partial charge in [0.05, 0.1) is 25.9 Å². The van der Waals surface area contributed by atoms with Gasteiger partial charge in [-0.2, -0.15) is 0 Å². The van der Waals surface area contributed by atoms with Gasteiger partial charge in [-0.25, -0.2) is 0 Å². The maximum absolute atomic E-state index is 12.6. The summed E-state index contributed by atoms with van der Waals surface area (Å²) in [4.78, 5) is 17.1. The van der Waals surface area contributed by atoms with E-state index in [4.69, 9.17) is 9.47 Å². The van der Waals surface area contributed by atoms with Gasteiger partial charge in [-0.05, 0) is 43.3 Å². The second-order valence-electron chi connectivity index (χ2n) is 6.59. The smallest absolute Gasteiger partial charge is 0.241 e. The molecule has 1 atom stereocenters. The molecule has 1 N–H and O–H groups in total. The van der Waals surface area contributed by atoms with E-state index in [2.05, 4.69) is 21.2 Å². The molecular formula is C21H27N3O3. The maximum atomic E-state index is 12.6. The monoisotopic (exact) mass is 369 g/mol. The van der Waals surface area contributed by atoms with Crippen LogP contribution < -0.4 is 19.7 Å². The predicted molar refractivity (Wildman–Crippen MR) is 108 cm³/mol. The Balaban J connectivity index is 1.55. The van der Waals surface area contributed by atoms with E-state index in [1.165, 1.54) is 0 Å². The lowest BCUT2D eigenvalue weighted by molar-refractivity contribution is -0.120. The van der Waals surface area contributed by atoms with E-state index in [0.29, 0.717) is 0 Å². The Kier molecular flexibility index (Phi) is 6.19. The summed E-state index contributed by atoms with van der Waals surface area (Å²) < 4.78 is 10.6. The van der Waals surface area contributed by atoms with Crippen LogP contribution in [-0.2, 0) is 4.79 Å². The molecule has 0 spiro atoms. The summed E-state index contributed by atoms with van der Waals surface area (Å²) in [6.07, 6.45) is 0. The van der Waals surface area contributed by atoms with E-state index >= 15 is 0 Å². The topological polar surface area (TPSA) is 54.0 Å². The summed E-state index contributed by atoms with van der Waals surface area (Å²) in [6, 6.07) is 15.2. The second-order valence-corrected chi connectivity index (χ2v) is 6.59. The number of hydrogen-bond donors (Lipinski definition) is 1. The Hall–Kier alpha value is -2.73. The highest BCUT2D eigenvalue weighted by molar-refractivity contribution is 5.94. The number of ether oxygens (including phenoxy) is 2. The van der Waals surface area contributed by atoms with Gasteiger partial charge in [0.2, 0.25) is 5.91 Å². The number of carbonyl (C=O) groups excluding carboxylic acids is 1. The van der Waals surface area contributed by atoms with Crippen molar-refractivity contribution in [3.05, 3.63) is 48.5 Å². The number of anilines is 2. The van der Waals surface area contributed by atoms with Crippen molar-refractivity contribution in [3.8, 4) is 11.5 Å². The fourth-order valence-electron chi connectivity index (χ4n) is 3.33. The molecule has 0 radical (unpaired) electrons. The number of rotatable bonds is 6. The van der Waals surface area contributed by atoms with Crippen molar-refractivity contribution < 1.29 is 14.3 Å². The molecule has 0 aromatic heterocycles. The van der Waals surface area contributed by atoms with Crippen molar-refractivity contribution in [1.82, 2.24) is 4.90 Å². The van der Waals surface area contributed by atoms with Crippen LogP contribution >= 0.6 is 0 Å². The fourth-order valence-corrected chi connectivity index (χ4v) is 3.33. The van der Waals surface area contributed by atoms with E-state index in [1.54, 1.807) is 14.2 Å².